The van der Waals surface area contributed by atoms with Gasteiger partial charge in [-0.1, -0.05) is 0 Å². The first-order valence-electron chi connectivity index (χ1n) is 4.30. The van der Waals surface area contributed by atoms with Crippen LogP contribution in [-0.2, 0) is 14.3 Å². The van der Waals surface area contributed by atoms with Gasteiger partial charge < -0.3 is 15.7 Å². The third-order valence-electron chi connectivity index (χ3n) is 1.92. The first-order valence-corrected chi connectivity index (χ1v) is 6.12. The van der Waals surface area contributed by atoms with Gasteiger partial charge in [-0.2, -0.15) is 8.42 Å². The first kappa shape index (κ1) is 12.3. The highest BCUT2D eigenvalue weighted by atomic mass is 32.2. The van der Waals surface area contributed by atoms with E-state index in [9.17, 15) is 13.2 Å². The molecule has 0 radical (unpaired) electrons. The summed E-state index contributed by atoms with van der Waals surface area (Å²) in [6.07, 6.45) is 0.788. The van der Waals surface area contributed by atoms with Gasteiger partial charge >= 0.3 is 16.1 Å². The number of anilines is 2. The van der Waals surface area contributed by atoms with Gasteiger partial charge in [-0.15, -0.1) is 0 Å². The molecule has 0 saturated heterocycles. The summed E-state index contributed by atoms with van der Waals surface area (Å²) in [6.45, 7) is 1.58. The van der Waals surface area contributed by atoms with Crippen LogP contribution in [0.4, 0.5) is 11.4 Å². The van der Waals surface area contributed by atoms with Gasteiger partial charge in [-0.3, -0.25) is 0 Å². The number of hydrogen-bond donors (Lipinski definition) is 2. The molecule has 1 aromatic carbocycles. The van der Waals surface area contributed by atoms with Crippen molar-refractivity contribution in [3.05, 3.63) is 23.3 Å². The number of nitrogens with two attached hydrogens (primary N) is 2. The molecule has 0 bridgehead atoms. The predicted molar refractivity (Wildman–Crippen MR) is 60.3 cm³/mol. The minimum atomic E-state index is -3.85. The molecule has 0 atom stereocenters. The van der Waals surface area contributed by atoms with Gasteiger partial charge in [0.2, 0.25) is 0 Å². The lowest BCUT2D eigenvalue weighted by Crippen LogP contribution is -2.13. The molecule has 0 fully saturated rings. The predicted octanol–water partition coefficient (Wildman–Crippen LogP) is 0.276. The Morgan fingerprint density at radius 2 is 1.88 bits per heavy atom. The quantitative estimate of drug-likeness (QED) is 0.570. The monoisotopic (exact) mass is 244 g/mol. The minimum absolute atomic E-state index is 0.0444. The Morgan fingerprint density at radius 3 is 2.38 bits per heavy atom. The molecule has 0 aliphatic carbocycles. The van der Waals surface area contributed by atoms with Crippen LogP contribution in [0.1, 0.15) is 15.9 Å². The zero-order valence-corrected chi connectivity index (χ0v) is 9.67. The third-order valence-corrected chi connectivity index (χ3v) is 2.37. The van der Waals surface area contributed by atoms with Gasteiger partial charge in [0, 0.05) is 11.4 Å². The molecule has 0 aliphatic heterocycles. The van der Waals surface area contributed by atoms with E-state index in [0.717, 1.165) is 6.26 Å². The van der Waals surface area contributed by atoms with Crippen LogP contribution in [0.2, 0.25) is 0 Å². The number of benzene rings is 1. The Hall–Kier alpha value is -1.76. The Balaban J connectivity index is 3.19. The average Bonchev–Trinajstić information content (AvgIpc) is 2.08. The molecular weight excluding hydrogens is 232 g/mol. The summed E-state index contributed by atoms with van der Waals surface area (Å²) >= 11 is 0. The van der Waals surface area contributed by atoms with Gasteiger partial charge in [0.25, 0.3) is 0 Å². The van der Waals surface area contributed by atoms with Crippen molar-refractivity contribution in [2.75, 3.05) is 17.7 Å². The van der Waals surface area contributed by atoms with Gasteiger partial charge in [0.1, 0.15) is 0 Å². The lowest BCUT2D eigenvalue weighted by Gasteiger charge is -2.08. The van der Waals surface area contributed by atoms with Gasteiger partial charge in [0.15, 0.2) is 0 Å². The molecule has 88 valence electrons. The lowest BCUT2D eigenvalue weighted by atomic mass is 10.1. The molecule has 0 saturated carbocycles. The number of carbonyl (C=O) groups is 1. The fourth-order valence-electron chi connectivity index (χ4n) is 1.15. The number of carbonyl (C=O) groups excluding carboxylic acids is 1. The summed E-state index contributed by atoms with van der Waals surface area (Å²) in [5.41, 5.74) is 12.1. The summed E-state index contributed by atoms with van der Waals surface area (Å²) in [7, 11) is -3.85. The smallest absolute Gasteiger partial charge is 0.354 e. The van der Waals surface area contributed by atoms with Crippen molar-refractivity contribution >= 4 is 27.5 Å². The molecule has 0 heterocycles. The van der Waals surface area contributed by atoms with Crippen LogP contribution in [-0.4, -0.2) is 20.6 Å². The Kier molecular flexibility index (Phi) is 3.09. The molecular formula is C9H12N2O4S. The molecule has 6 nitrogen and oxygen atoms in total. The number of hydrogen-bond acceptors (Lipinski definition) is 6. The van der Waals surface area contributed by atoms with Crippen molar-refractivity contribution in [1.82, 2.24) is 0 Å². The van der Waals surface area contributed by atoms with Gasteiger partial charge in [-0.25, -0.2) is 4.79 Å². The van der Waals surface area contributed by atoms with Crippen molar-refractivity contribution in [2.45, 2.75) is 6.92 Å². The van der Waals surface area contributed by atoms with Crippen molar-refractivity contribution < 1.29 is 17.4 Å². The maximum Gasteiger partial charge on any atom is 0.354 e. The Bertz CT molecular complexity index is 537. The van der Waals surface area contributed by atoms with Gasteiger partial charge in [-0.05, 0) is 24.6 Å². The second-order valence-corrected chi connectivity index (χ2v) is 4.93. The minimum Gasteiger partial charge on any atom is -0.399 e. The highest BCUT2D eigenvalue weighted by Gasteiger charge is 2.17. The van der Waals surface area contributed by atoms with Crippen LogP contribution in [0.3, 0.4) is 0 Å². The van der Waals surface area contributed by atoms with Crippen LogP contribution in [0.25, 0.3) is 0 Å². The van der Waals surface area contributed by atoms with Crippen LogP contribution in [0, 0.1) is 6.92 Å². The number of rotatable bonds is 2. The molecule has 1 aromatic rings. The van der Waals surface area contributed by atoms with E-state index < -0.39 is 16.1 Å². The van der Waals surface area contributed by atoms with Crippen molar-refractivity contribution in [1.29, 1.82) is 0 Å². The normalized spacial score (nSPS) is 11.1. The molecule has 1 rings (SSSR count). The maximum absolute atomic E-state index is 11.5. The zero-order valence-electron chi connectivity index (χ0n) is 8.85. The maximum atomic E-state index is 11.5. The number of nitrogen functional groups attached to an aromatic ring is 2. The largest absolute Gasteiger partial charge is 0.399 e. The van der Waals surface area contributed by atoms with Crippen LogP contribution in [0.5, 0.6) is 0 Å². The second-order valence-electron chi connectivity index (χ2n) is 3.36. The van der Waals surface area contributed by atoms with E-state index in [2.05, 4.69) is 4.18 Å². The van der Waals surface area contributed by atoms with E-state index in [0.29, 0.717) is 11.3 Å². The summed E-state index contributed by atoms with van der Waals surface area (Å²) in [5, 5.41) is 0. The van der Waals surface area contributed by atoms with E-state index in [1.807, 2.05) is 0 Å². The summed E-state index contributed by atoms with van der Waals surface area (Å²) < 4.78 is 25.8. The fraction of sp³-hybridized carbons (Fsp3) is 0.222. The molecule has 16 heavy (non-hydrogen) atoms. The molecule has 4 N–H and O–H groups in total. The van der Waals surface area contributed by atoms with E-state index in [4.69, 9.17) is 11.5 Å². The topological polar surface area (TPSA) is 112 Å². The molecule has 0 amide bonds. The highest BCUT2D eigenvalue weighted by molar-refractivity contribution is 7.86. The summed E-state index contributed by atoms with van der Waals surface area (Å²) in [5.74, 6) is -0.987. The molecule has 0 spiro atoms. The highest BCUT2D eigenvalue weighted by Crippen LogP contribution is 2.21. The van der Waals surface area contributed by atoms with Crippen molar-refractivity contribution in [3.8, 4) is 0 Å². The second kappa shape index (κ2) is 4.01. The van der Waals surface area contributed by atoms with E-state index >= 15 is 0 Å². The van der Waals surface area contributed by atoms with E-state index in [1.54, 1.807) is 6.92 Å². The van der Waals surface area contributed by atoms with Crippen LogP contribution < -0.4 is 11.5 Å². The third kappa shape index (κ3) is 2.86. The lowest BCUT2D eigenvalue weighted by molar-refractivity contribution is 0.0748. The molecule has 0 aromatic heterocycles. The Morgan fingerprint density at radius 1 is 1.31 bits per heavy atom. The van der Waals surface area contributed by atoms with E-state index in [-0.39, 0.29) is 11.3 Å². The molecule has 0 unspecified atom stereocenters. The summed E-state index contributed by atoms with van der Waals surface area (Å²) in [4.78, 5) is 11.5. The average molecular weight is 244 g/mol. The standard InChI is InChI=1S/C9H12N2O4S/c1-5-7(3-6(10)4-8(5)11)9(12)15-16(2,13)14/h3-4H,10-11H2,1-2H3. The van der Waals surface area contributed by atoms with Crippen LogP contribution in [0.15, 0.2) is 12.1 Å². The van der Waals surface area contributed by atoms with Crippen molar-refractivity contribution in [2.24, 2.45) is 0 Å². The van der Waals surface area contributed by atoms with E-state index in [1.165, 1.54) is 12.1 Å². The van der Waals surface area contributed by atoms with Gasteiger partial charge in [0.05, 0.1) is 11.8 Å². The van der Waals surface area contributed by atoms with Crippen molar-refractivity contribution in [3.63, 3.8) is 0 Å². The van der Waals surface area contributed by atoms with Crippen LogP contribution >= 0.6 is 0 Å². The fourth-order valence-corrected chi connectivity index (χ4v) is 1.52. The first-order chi connectivity index (χ1) is 7.20. The summed E-state index contributed by atoms with van der Waals surface area (Å²) in [6, 6.07) is 2.80. The molecule has 7 heteroatoms. The zero-order chi connectivity index (χ0) is 12.5. The molecule has 0 aliphatic rings. The SMILES string of the molecule is Cc1c(N)cc(N)cc1C(=O)OS(C)(=O)=O. The Labute approximate surface area is 93.3 Å².